The van der Waals surface area contributed by atoms with Crippen molar-refractivity contribution in [3.63, 3.8) is 0 Å². The number of carbonyl (C=O) groups excluding carboxylic acids is 1. The van der Waals surface area contributed by atoms with Gasteiger partial charge in [0, 0.05) is 18.4 Å². The molecule has 1 aromatic heterocycles. The fourth-order valence-corrected chi connectivity index (χ4v) is 1.89. The van der Waals surface area contributed by atoms with Crippen LogP contribution >= 0.6 is 0 Å². The average Bonchev–Trinajstić information content (AvgIpc) is 2.55. The van der Waals surface area contributed by atoms with E-state index in [1.165, 1.54) is 0 Å². The van der Waals surface area contributed by atoms with Crippen LogP contribution in [0, 0.1) is 0 Å². The van der Waals surface area contributed by atoms with Crippen LogP contribution in [0.3, 0.4) is 0 Å². The van der Waals surface area contributed by atoms with Crippen LogP contribution in [0.25, 0.3) is 0 Å². The number of nitrogens with one attached hydrogen (secondary N) is 2. The maximum atomic E-state index is 12.3. The summed E-state index contributed by atoms with van der Waals surface area (Å²) < 4.78 is 5.49. The van der Waals surface area contributed by atoms with Gasteiger partial charge in [-0.2, -0.15) is 0 Å². The highest BCUT2D eigenvalue weighted by Crippen LogP contribution is 2.24. The first-order valence-electron chi connectivity index (χ1n) is 7.08. The molecule has 2 N–H and O–H groups in total. The van der Waals surface area contributed by atoms with Gasteiger partial charge in [0.1, 0.15) is 11.4 Å². The Hall–Kier alpha value is -2.82. The zero-order valence-corrected chi connectivity index (χ0v) is 12.5. The summed E-state index contributed by atoms with van der Waals surface area (Å²) in [4.78, 5) is 16.4. The Bertz CT molecular complexity index is 656. The van der Waals surface area contributed by atoms with Crippen molar-refractivity contribution >= 4 is 17.3 Å². The highest BCUT2D eigenvalue weighted by Gasteiger charge is 2.11. The van der Waals surface area contributed by atoms with Crippen LogP contribution < -0.4 is 15.4 Å². The molecule has 2 aromatic rings. The number of pyridine rings is 1. The van der Waals surface area contributed by atoms with Gasteiger partial charge in [-0.15, -0.1) is 6.58 Å². The molecule has 0 unspecified atom stereocenters. The van der Waals surface area contributed by atoms with E-state index in [9.17, 15) is 4.79 Å². The minimum atomic E-state index is -0.283. The molecule has 0 spiro atoms. The topological polar surface area (TPSA) is 63.2 Å². The molecule has 0 atom stereocenters. The number of anilines is 2. The number of aromatic nitrogens is 1. The van der Waals surface area contributed by atoms with Crippen LogP contribution in [0.4, 0.5) is 11.4 Å². The van der Waals surface area contributed by atoms with Crippen molar-refractivity contribution < 1.29 is 9.53 Å². The molecule has 0 aliphatic heterocycles. The first-order chi connectivity index (χ1) is 10.7. The number of benzene rings is 1. The Labute approximate surface area is 130 Å². The number of ether oxygens (including phenoxy) is 1. The number of hydrogen-bond acceptors (Lipinski definition) is 4. The lowest BCUT2D eigenvalue weighted by molar-refractivity contribution is 0.102. The Morgan fingerprint density at radius 2 is 2.18 bits per heavy atom. The summed E-state index contributed by atoms with van der Waals surface area (Å²) in [5.74, 6) is 0.355. The third-order valence-corrected chi connectivity index (χ3v) is 2.88. The van der Waals surface area contributed by atoms with Crippen LogP contribution in [0.2, 0.25) is 0 Å². The first kappa shape index (κ1) is 15.6. The standard InChI is InChI=1S/C17H19N3O2/c1-3-10-18-13-9-11-19-15(12-13)17(21)20-14-7-5-6-8-16(14)22-4-2/h3,5-9,11-12H,1,4,10H2,2H3,(H,18,19)(H,20,21). The SMILES string of the molecule is C=CCNc1ccnc(C(=O)Nc2ccccc2OCC)c1. The lowest BCUT2D eigenvalue weighted by Crippen LogP contribution is -2.15. The zero-order valence-electron chi connectivity index (χ0n) is 12.5. The van der Waals surface area contributed by atoms with Gasteiger partial charge >= 0.3 is 0 Å². The molecule has 1 aromatic carbocycles. The smallest absolute Gasteiger partial charge is 0.274 e. The fraction of sp³-hybridized carbons (Fsp3) is 0.176. The third-order valence-electron chi connectivity index (χ3n) is 2.88. The van der Waals surface area contributed by atoms with Gasteiger partial charge in [0.05, 0.1) is 12.3 Å². The molecule has 2 rings (SSSR count). The van der Waals surface area contributed by atoms with Crippen LogP contribution in [0.15, 0.2) is 55.3 Å². The van der Waals surface area contributed by atoms with Gasteiger partial charge in [0.15, 0.2) is 0 Å². The van der Waals surface area contributed by atoms with Gasteiger partial charge < -0.3 is 15.4 Å². The molecule has 0 saturated carbocycles. The van der Waals surface area contributed by atoms with E-state index in [2.05, 4.69) is 22.2 Å². The molecule has 0 aliphatic rings. The van der Waals surface area contributed by atoms with Crippen LogP contribution in [0.1, 0.15) is 17.4 Å². The van der Waals surface area contributed by atoms with E-state index in [0.29, 0.717) is 30.3 Å². The van der Waals surface area contributed by atoms with Gasteiger partial charge in [-0.05, 0) is 31.2 Å². The molecule has 1 heterocycles. The van der Waals surface area contributed by atoms with Gasteiger partial charge in [-0.25, -0.2) is 0 Å². The highest BCUT2D eigenvalue weighted by molar-refractivity contribution is 6.04. The fourth-order valence-electron chi connectivity index (χ4n) is 1.89. The monoisotopic (exact) mass is 297 g/mol. The summed E-state index contributed by atoms with van der Waals surface area (Å²) in [6, 6.07) is 10.8. The predicted molar refractivity (Wildman–Crippen MR) is 88.5 cm³/mol. The minimum absolute atomic E-state index is 0.283. The number of hydrogen-bond donors (Lipinski definition) is 2. The molecule has 114 valence electrons. The molecule has 0 aliphatic carbocycles. The molecule has 0 radical (unpaired) electrons. The van der Waals surface area contributed by atoms with Crippen molar-refractivity contribution in [1.29, 1.82) is 0 Å². The quantitative estimate of drug-likeness (QED) is 0.769. The molecule has 5 heteroatoms. The molecular weight excluding hydrogens is 278 g/mol. The molecule has 1 amide bonds. The van der Waals surface area contributed by atoms with Crippen LogP contribution in [-0.2, 0) is 0 Å². The van der Waals surface area contributed by atoms with Crippen molar-refractivity contribution in [2.24, 2.45) is 0 Å². The van der Waals surface area contributed by atoms with E-state index in [4.69, 9.17) is 4.74 Å². The van der Waals surface area contributed by atoms with E-state index in [1.807, 2.05) is 25.1 Å². The maximum Gasteiger partial charge on any atom is 0.274 e. The second-order valence-corrected chi connectivity index (χ2v) is 4.48. The number of rotatable bonds is 7. The molecule has 0 saturated heterocycles. The van der Waals surface area contributed by atoms with Crippen molar-refractivity contribution in [3.8, 4) is 5.75 Å². The van der Waals surface area contributed by atoms with Crippen LogP contribution in [0.5, 0.6) is 5.75 Å². The van der Waals surface area contributed by atoms with Crippen molar-refractivity contribution in [3.05, 3.63) is 60.9 Å². The van der Waals surface area contributed by atoms with Gasteiger partial charge in [0.2, 0.25) is 0 Å². The summed E-state index contributed by atoms with van der Waals surface area (Å²) in [5, 5.41) is 5.94. The Balaban J connectivity index is 2.13. The Morgan fingerprint density at radius 3 is 2.95 bits per heavy atom. The minimum Gasteiger partial charge on any atom is -0.492 e. The summed E-state index contributed by atoms with van der Waals surface area (Å²) in [5.41, 5.74) is 1.78. The lowest BCUT2D eigenvalue weighted by Gasteiger charge is -2.11. The second-order valence-electron chi connectivity index (χ2n) is 4.48. The van der Waals surface area contributed by atoms with E-state index in [-0.39, 0.29) is 5.91 Å². The molecule has 0 bridgehead atoms. The lowest BCUT2D eigenvalue weighted by atomic mass is 10.2. The Kier molecular flexibility index (Phi) is 5.54. The molecule has 0 fully saturated rings. The normalized spacial score (nSPS) is 9.86. The third kappa shape index (κ3) is 4.09. The van der Waals surface area contributed by atoms with E-state index in [0.717, 1.165) is 5.69 Å². The Morgan fingerprint density at radius 1 is 1.36 bits per heavy atom. The zero-order chi connectivity index (χ0) is 15.8. The average molecular weight is 297 g/mol. The number of para-hydroxylation sites is 2. The molecule has 5 nitrogen and oxygen atoms in total. The summed E-state index contributed by atoms with van der Waals surface area (Å²) in [6.45, 7) is 6.70. The number of carbonyl (C=O) groups is 1. The van der Waals surface area contributed by atoms with E-state index < -0.39 is 0 Å². The molecule has 22 heavy (non-hydrogen) atoms. The summed E-state index contributed by atoms with van der Waals surface area (Å²) >= 11 is 0. The summed E-state index contributed by atoms with van der Waals surface area (Å²) in [7, 11) is 0. The van der Waals surface area contributed by atoms with E-state index in [1.54, 1.807) is 30.5 Å². The van der Waals surface area contributed by atoms with Gasteiger partial charge in [-0.1, -0.05) is 18.2 Å². The highest BCUT2D eigenvalue weighted by atomic mass is 16.5. The maximum absolute atomic E-state index is 12.3. The number of amides is 1. The van der Waals surface area contributed by atoms with Gasteiger partial charge in [0.25, 0.3) is 5.91 Å². The second kappa shape index (κ2) is 7.83. The van der Waals surface area contributed by atoms with E-state index >= 15 is 0 Å². The van der Waals surface area contributed by atoms with Gasteiger partial charge in [-0.3, -0.25) is 9.78 Å². The van der Waals surface area contributed by atoms with Crippen molar-refractivity contribution in [2.45, 2.75) is 6.92 Å². The summed E-state index contributed by atoms with van der Waals surface area (Å²) in [6.07, 6.45) is 3.34. The van der Waals surface area contributed by atoms with Crippen LogP contribution in [-0.4, -0.2) is 24.0 Å². The largest absolute Gasteiger partial charge is 0.492 e. The van der Waals surface area contributed by atoms with Crippen molar-refractivity contribution in [1.82, 2.24) is 4.98 Å². The predicted octanol–water partition coefficient (Wildman–Crippen LogP) is 3.33. The molecular formula is C17H19N3O2. The van der Waals surface area contributed by atoms with Crippen molar-refractivity contribution in [2.75, 3.05) is 23.8 Å². The number of nitrogens with zero attached hydrogens (tertiary/aromatic N) is 1. The first-order valence-corrected chi connectivity index (χ1v) is 7.08.